The first-order chi connectivity index (χ1) is 14.4. The summed E-state index contributed by atoms with van der Waals surface area (Å²) < 4.78 is 8.01. The number of alkyl carbamates (subject to hydrolysis) is 1. The van der Waals surface area contributed by atoms with Crippen LogP contribution in [0.5, 0.6) is 0 Å². The Balaban J connectivity index is 1.91. The van der Waals surface area contributed by atoms with Crippen molar-refractivity contribution in [2.45, 2.75) is 32.8 Å². The molecule has 0 radical (unpaired) electrons. The molecule has 0 bridgehead atoms. The van der Waals surface area contributed by atoms with Gasteiger partial charge in [-0.25, -0.2) is 9.59 Å². The monoisotopic (exact) mass is 433 g/mol. The molecule has 0 atom stereocenters. The molecule has 3 amide bonds. The quantitative estimate of drug-likeness (QED) is 0.527. The van der Waals surface area contributed by atoms with Crippen molar-refractivity contribution >= 4 is 35.3 Å². The van der Waals surface area contributed by atoms with Gasteiger partial charge in [0, 0.05) is 39.5 Å². The van der Waals surface area contributed by atoms with Crippen molar-refractivity contribution in [1.82, 2.24) is 14.5 Å². The Hall–Kier alpha value is -3.76. The standard InChI is InChI=1S/C20H27N5O6/c1-20(2,3)31-19(30)21-7-6-16(26)22-12-8-14(24(4)10-12)17(27)23-13-9-15(18(28)29)25(5)11-13/h8-11H,6-7H2,1-5H3,(H,21,30)(H,22,26)(H,23,27)(H,28,29). The number of aromatic carboxylic acids is 1. The fourth-order valence-electron chi connectivity index (χ4n) is 2.72. The molecule has 0 aliphatic heterocycles. The third-order valence-corrected chi connectivity index (χ3v) is 4.02. The van der Waals surface area contributed by atoms with Crippen molar-refractivity contribution in [2.24, 2.45) is 14.1 Å². The Morgan fingerprint density at radius 2 is 1.52 bits per heavy atom. The van der Waals surface area contributed by atoms with Crippen molar-refractivity contribution in [2.75, 3.05) is 17.2 Å². The van der Waals surface area contributed by atoms with Gasteiger partial charge in [0.15, 0.2) is 0 Å². The van der Waals surface area contributed by atoms with Gasteiger partial charge >= 0.3 is 12.1 Å². The highest BCUT2D eigenvalue weighted by Crippen LogP contribution is 2.17. The van der Waals surface area contributed by atoms with Crippen LogP contribution in [0.4, 0.5) is 16.2 Å². The second-order valence-electron chi connectivity index (χ2n) is 7.94. The molecule has 2 heterocycles. The lowest BCUT2D eigenvalue weighted by Crippen LogP contribution is -2.34. The van der Waals surface area contributed by atoms with Crippen LogP contribution in [0.25, 0.3) is 0 Å². The summed E-state index contributed by atoms with van der Waals surface area (Å²) in [6.45, 7) is 5.32. The van der Waals surface area contributed by atoms with Gasteiger partial charge in [0.1, 0.15) is 17.0 Å². The summed E-state index contributed by atoms with van der Waals surface area (Å²) in [7, 11) is 3.20. The number of anilines is 2. The summed E-state index contributed by atoms with van der Waals surface area (Å²) in [6.07, 6.45) is 2.48. The van der Waals surface area contributed by atoms with Crippen LogP contribution in [-0.2, 0) is 23.6 Å². The Labute approximate surface area is 179 Å². The molecule has 2 aromatic heterocycles. The lowest BCUT2D eigenvalue weighted by Gasteiger charge is -2.19. The molecular weight excluding hydrogens is 406 g/mol. The molecule has 4 N–H and O–H groups in total. The molecule has 168 valence electrons. The van der Waals surface area contributed by atoms with Gasteiger partial charge in [-0.05, 0) is 32.9 Å². The van der Waals surface area contributed by atoms with Crippen LogP contribution >= 0.6 is 0 Å². The van der Waals surface area contributed by atoms with Crippen molar-refractivity contribution in [3.8, 4) is 0 Å². The number of hydrogen-bond acceptors (Lipinski definition) is 5. The van der Waals surface area contributed by atoms with E-state index < -0.39 is 23.6 Å². The number of carboxylic acids is 1. The average molecular weight is 433 g/mol. The normalized spacial score (nSPS) is 11.0. The summed E-state index contributed by atoms with van der Waals surface area (Å²) in [4.78, 5) is 47.3. The molecule has 11 nitrogen and oxygen atoms in total. The van der Waals surface area contributed by atoms with Crippen LogP contribution in [0, 0.1) is 0 Å². The van der Waals surface area contributed by atoms with Gasteiger partial charge in [-0.1, -0.05) is 0 Å². The zero-order valence-corrected chi connectivity index (χ0v) is 18.1. The second kappa shape index (κ2) is 9.37. The topological polar surface area (TPSA) is 144 Å². The fraction of sp³-hybridized carbons (Fsp3) is 0.400. The first-order valence-corrected chi connectivity index (χ1v) is 9.50. The van der Waals surface area contributed by atoms with Crippen LogP contribution in [-0.4, -0.2) is 50.3 Å². The van der Waals surface area contributed by atoms with Crippen LogP contribution in [0.3, 0.4) is 0 Å². The molecule has 2 rings (SSSR count). The smallest absolute Gasteiger partial charge is 0.407 e. The van der Waals surface area contributed by atoms with Crippen molar-refractivity contribution in [1.29, 1.82) is 0 Å². The van der Waals surface area contributed by atoms with Crippen LogP contribution in [0.15, 0.2) is 24.5 Å². The van der Waals surface area contributed by atoms with Crippen LogP contribution in [0.2, 0.25) is 0 Å². The van der Waals surface area contributed by atoms with E-state index >= 15 is 0 Å². The lowest BCUT2D eigenvalue weighted by molar-refractivity contribution is -0.116. The third-order valence-electron chi connectivity index (χ3n) is 4.02. The van der Waals surface area contributed by atoms with E-state index in [0.29, 0.717) is 11.4 Å². The minimum Gasteiger partial charge on any atom is -0.477 e. The summed E-state index contributed by atoms with van der Waals surface area (Å²) >= 11 is 0. The van der Waals surface area contributed by atoms with Crippen molar-refractivity contribution in [3.05, 3.63) is 35.9 Å². The van der Waals surface area contributed by atoms with E-state index in [1.165, 1.54) is 27.5 Å². The van der Waals surface area contributed by atoms with E-state index in [2.05, 4.69) is 16.0 Å². The number of ether oxygens (including phenoxy) is 1. The molecule has 2 aromatic rings. The maximum Gasteiger partial charge on any atom is 0.407 e. The number of nitrogens with one attached hydrogen (secondary N) is 3. The molecule has 31 heavy (non-hydrogen) atoms. The number of carbonyl (C=O) groups excluding carboxylic acids is 3. The summed E-state index contributed by atoms with van der Waals surface area (Å²) in [5.74, 6) is -1.91. The summed E-state index contributed by atoms with van der Waals surface area (Å²) in [6, 6.07) is 2.85. The number of amides is 3. The molecule has 0 unspecified atom stereocenters. The Kier molecular flexibility index (Phi) is 7.11. The van der Waals surface area contributed by atoms with Gasteiger partial charge in [-0.2, -0.15) is 0 Å². The Bertz CT molecular complexity index is 998. The minimum atomic E-state index is -1.10. The van der Waals surface area contributed by atoms with E-state index in [-0.39, 0.29) is 30.3 Å². The maximum atomic E-state index is 12.5. The van der Waals surface area contributed by atoms with Gasteiger partial charge in [-0.3, -0.25) is 9.59 Å². The molecule has 0 aliphatic carbocycles. The van der Waals surface area contributed by atoms with Gasteiger partial charge < -0.3 is 34.9 Å². The summed E-state index contributed by atoms with van der Waals surface area (Å²) in [5.41, 5.74) is 0.430. The Morgan fingerprint density at radius 1 is 0.968 bits per heavy atom. The zero-order chi connectivity index (χ0) is 23.3. The first-order valence-electron chi connectivity index (χ1n) is 9.50. The lowest BCUT2D eigenvalue weighted by atomic mass is 10.2. The zero-order valence-electron chi connectivity index (χ0n) is 18.1. The Morgan fingerprint density at radius 3 is 2.06 bits per heavy atom. The molecule has 0 aliphatic rings. The number of aromatic nitrogens is 2. The molecule has 0 spiro atoms. The van der Waals surface area contributed by atoms with E-state index in [1.54, 1.807) is 41.1 Å². The third kappa shape index (κ3) is 6.91. The molecule has 0 saturated carbocycles. The van der Waals surface area contributed by atoms with Gasteiger partial charge in [0.05, 0.1) is 11.4 Å². The van der Waals surface area contributed by atoms with Crippen LogP contribution in [0.1, 0.15) is 48.2 Å². The average Bonchev–Trinajstić information content (AvgIpc) is 3.15. The number of rotatable bonds is 7. The van der Waals surface area contributed by atoms with Gasteiger partial charge in [0.25, 0.3) is 5.91 Å². The molecule has 0 fully saturated rings. The highest BCUT2D eigenvalue weighted by Gasteiger charge is 2.18. The van der Waals surface area contributed by atoms with E-state index in [0.717, 1.165) is 0 Å². The highest BCUT2D eigenvalue weighted by atomic mass is 16.6. The van der Waals surface area contributed by atoms with Crippen molar-refractivity contribution in [3.63, 3.8) is 0 Å². The predicted molar refractivity (Wildman–Crippen MR) is 113 cm³/mol. The molecular formula is C20H27N5O6. The minimum absolute atomic E-state index is 0.0254. The number of carbonyl (C=O) groups is 4. The van der Waals surface area contributed by atoms with Crippen LogP contribution < -0.4 is 16.0 Å². The largest absolute Gasteiger partial charge is 0.477 e. The van der Waals surface area contributed by atoms with E-state index in [1.807, 2.05) is 0 Å². The second-order valence-corrected chi connectivity index (χ2v) is 7.94. The first kappa shape index (κ1) is 23.5. The van der Waals surface area contributed by atoms with E-state index in [9.17, 15) is 19.2 Å². The maximum absolute atomic E-state index is 12.5. The van der Waals surface area contributed by atoms with E-state index in [4.69, 9.17) is 9.84 Å². The van der Waals surface area contributed by atoms with Gasteiger partial charge in [-0.15, -0.1) is 0 Å². The van der Waals surface area contributed by atoms with Crippen molar-refractivity contribution < 1.29 is 29.0 Å². The predicted octanol–water partition coefficient (Wildman–Crippen LogP) is 2.17. The van der Waals surface area contributed by atoms with Gasteiger partial charge in [0.2, 0.25) is 5.91 Å². The number of hydrogen-bond donors (Lipinski definition) is 4. The molecule has 0 aromatic carbocycles. The SMILES string of the molecule is Cn1cc(NC(=O)c2cc(NC(=O)CCNC(=O)OC(C)(C)C)cn2C)cc1C(=O)O. The number of nitrogens with zero attached hydrogens (tertiary/aromatic N) is 2. The highest BCUT2D eigenvalue weighted by molar-refractivity contribution is 6.05. The number of carboxylic acid groups (broad SMARTS) is 1. The summed E-state index contributed by atoms with van der Waals surface area (Å²) in [5, 5.41) is 16.9. The fourth-order valence-corrected chi connectivity index (χ4v) is 2.72. The number of aryl methyl sites for hydroxylation is 2. The molecule has 11 heteroatoms. The molecule has 0 saturated heterocycles.